The van der Waals surface area contributed by atoms with Gasteiger partial charge in [0.05, 0.1) is 0 Å². The summed E-state index contributed by atoms with van der Waals surface area (Å²) in [4.78, 5) is 14.4. The molecule has 0 saturated carbocycles. The first-order valence-corrected chi connectivity index (χ1v) is 11.4. The van der Waals surface area contributed by atoms with E-state index in [1.807, 2.05) is 66.7 Å². The maximum absolute atomic E-state index is 14.0. The van der Waals surface area contributed by atoms with E-state index in [1.165, 1.54) is 17.8 Å². The lowest BCUT2D eigenvalue weighted by Gasteiger charge is -2.38. The molecule has 0 aromatic heterocycles. The van der Waals surface area contributed by atoms with Crippen molar-refractivity contribution < 1.29 is 13.9 Å². The monoisotopic (exact) mass is 435 g/mol. The van der Waals surface area contributed by atoms with Crippen LogP contribution in [-0.2, 0) is 14.9 Å². The molecule has 160 valence electrons. The second kappa shape index (κ2) is 10.1. The number of thioether (sulfide) groups is 1. The van der Waals surface area contributed by atoms with Crippen LogP contribution in [0.25, 0.3) is 0 Å². The number of carbonyl (C=O) groups excluding carboxylic acids is 1. The Morgan fingerprint density at radius 1 is 0.968 bits per heavy atom. The highest BCUT2D eigenvalue weighted by atomic mass is 32.2. The Morgan fingerprint density at radius 2 is 1.65 bits per heavy atom. The van der Waals surface area contributed by atoms with Crippen molar-refractivity contribution in [3.05, 3.63) is 102 Å². The smallest absolute Gasteiger partial charge is 0.238 e. The van der Waals surface area contributed by atoms with E-state index in [1.54, 1.807) is 12.1 Å². The van der Waals surface area contributed by atoms with Crippen LogP contribution in [-0.4, -0.2) is 25.7 Å². The van der Waals surface area contributed by atoms with Crippen LogP contribution in [0.1, 0.15) is 29.2 Å². The van der Waals surface area contributed by atoms with Crippen LogP contribution in [0.4, 0.5) is 4.39 Å². The van der Waals surface area contributed by atoms with Crippen molar-refractivity contribution in [2.45, 2.75) is 28.4 Å². The zero-order valence-electron chi connectivity index (χ0n) is 17.3. The zero-order valence-corrected chi connectivity index (χ0v) is 18.1. The van der Waals surface area contributed by atoms with Crippen LogP contribution >= 0.6 is 11.8 Å². The quantitative estimate of drug-likeness (QED) is 0.497. The minimum atomic E-state index is -0.368. The number of hydrogen-bond acceptors (Lipinski definition) is 3. The fourth-order valence-electron chi connectivity index (χ4n) is 4.03. The minimum absolute atomic E-state index is 0.0395. The Hall–Kier alpha value is -2.63. The molecule has 1 fully saturated rings. The van der Waals surface area contributed by atoms with Gasteiger partial charge in [-0.2, -0.15) is 0 Å². The number of halogens is 1. The SMILES string of the molecule is O=C(NCC1(c2cccc(F)c2)CCOCC1)C(Sc1ccccc1)c1ccccc1. The molecule has 1 atom stereocenters. The normalized spacial score (nSPS) is 16.4. The van der Waals surface area contributed by atoms with Gasteiger partial charge in [0.1, 0.15) is 11.1 Å². The van der Waals surface area contributed by atoms with E-state index in [0.717, 1.165) is 28.9 Å². The first-order valence-electron chi connectivity index (χ1n) is 10.5. The van der Waals surface area contributed by atoms with Crippen LogP contribution in [0, 0.1) is 5.82 Å². The number of hydrogen-bond donors (Lipinski definition) is 1. The summed E-state index contributed by atoms with van der Waals surface area (Å²) in [6.07, 6.45) is 1.50. The molecule has 1 N–H and O–H groups in total. The molecule has 1 aliphatic rings. The molecule has 1 saturated heterocycles. The molecule has 5 heteroatoms. The summed E-state index contributed by atoms with van der Waals surface area (Å²) in [5.74, 6) is -0.293. The van der Waals surface area contributed by atoms with Crippen molar-refractivity contribution in [2.75, 3.05) is 19.8 Å². The van der Waals surface area contributed by atoms with Gasteiger partial charge in [-0.25, -0.2) is 4.39 Å². The molecular formula is C26H26FNO2S. The van der Waals surface area contributed by atoms with Crippen molar-refractivity contribution in [1.29, 1.82) is 0 Å². The van der Waals surface area contributed by atoms with Gasteiger partial charge in [-0.05, 0) is 48.2 Å². The minimum Gasteiger partial charge on any atom is -0.381 e. The van der Waals surface area contributed by atoms with Gasteiger partial charge in [0.25, 0.3) is 0 Å². The Morgan fingerprint density at radius 3 is 2.32 bits per heavy atom. The lowest BCUT2D eigenvalue weighted by atomic mass is 9.74. The first kappa shape index (κ1) is 21.6. The van der Waals surface area contributed by atoms with Crippen LogP contribution in [0.2, 0.25) is 0 Å². The van der Waals surface area contributed by atoms with Gasteiger partial charge < -0.3 is 10.1 Å². The molecule has 1 unspecified atom stereocenters. The van der Waals surface area contributed by atoms with Gasteiger partial charge in [-0.1, -0.05) is 60.7 Å². The topological polar surface area (TPSA) is 38.3 Å². The highest BCUT2D eigenvalue weighted by Gasteiger charge is 2.36. The van der Waals surface area contributed by atoms with Crippen molar-refractivity contribution in [3.63, 3.8) is 0 Å². The molecule has 0 spiro atoms. The molecule has 4 rings (SSSR count). The standard InChI is InChI=1S/C26H26FNO2S/c27-22-11-7-10-21(18-22)26(14-16-30-17-15-26)19-28-25(29)24(20-8-3-1-4-9-20)31-23-12-5-2-6-13-23/h1-13,18,24H,14-17,19H2,(H,28,29). The molecule has 1 aliphatic heterocycles. The van der Waals surface area contributed by atoms with Crippen LogP contribution < -0.4 is 5.32 Å². The molecule has 0 bridgehead atoms. The lowest BCUT2D eigenvalue weighted by Crippen LogP contribution is -2.45. The Labute approximate surface area is 187 Å². The molecule has 0 radical (unpaired) electrons. The third kappa shape index (κ3) is 5.35. The average Bonchev–Trinajstić information content (AvgIpc) is 2.83. The number of nitrogens with one attached hydrogen (secondary N) is 1. The van der Waals surface area contributed by atoms with Gasteiger partial charge in [0.15, 0.2) is 0 Å². The summed E-state index contributed by atoms with van der Waals surface area (Å²) in [5, 5.41) is 2.82. The third-order valence-electron chi connectivity index (χ3n) is 5.83. The average molecular weight is 436 g/mol. The summed E-state index contributed by atoms with van der Waals surface area (Å²) in [7, 11) is 0. The van der Waals surface area contributed by atoms with E-state index in [9.17, 15) is 9.18 Å². The number of carbonyl (C=O) groups is 1. The third-order valence-corrected chi connectivity index (χ3v) is 7.09. The van der Waals surface area contributed by atoms with Gasteiger partial charge in [-0.15, -0.1) is 11.8 Å². The predicted molar refractivity (Wildman–Crippen MR) is 123 cm³/mol. The molecule has 1 heterocycles. The van der Waals surface area contributed by atoms with Gasteiger partial charge in [-0.3, -0.25) is 4.79 Å². The molecule has 1 amide bonds. The van der Waals surface area contributed by atoms with E-state index in [4.69, 9.17) is 4.74 Å². The Balaban J connectivity index is 1.55. The molecule has 3 aromatic rings. The second-order valence-corrected chi connectivity index (χ2v) is 9.02. The van der Waals surface area contributed by atoms with Crippen LogP contribution in [0.3, 0.4) is 0 Å². The Bertz CT molecular complexity index is 991. The highest BCUT2D eigenvalue weighted by molar-refractivity contribution is 8.00. The highest BCUT2D eigenvalue weighted by Crippen LogP contribution is 2.37. The molecule has 31 heavy (non-hydrogen) atoms. The number of rotatable bonds is 7. The summed E-state index contributed by atoms with van der Waals surface area (Å²) >= 11 is 1.54. The summed E-state index contributed by atoms with van der Waals surface area (Å²) in [5.41, 5.74) is 1.55. The summed E-state index contributed by atoms with van der Waals surface area (Å²) in [6.45, 7) is 1.66. The van der Waals surface area contributed by atoms with E-state index >= 15 is 0 Å². The summed E-state index contributed by atoms with van der Waals surface area (Å²) in [6, 6.07) is 26.5. The van der Waals surface area contributed by atoms with Gasteiger partial charge in [0, 0.05) is 30.1 Å². The fraction of sp³-hybridized carbons (Fsp3) is 0.269. The number of amides is 1. The molecular weight excluding hydrogens is 409 g/mol. The predicted octanol–water partition coefficient (Wildman–Crippen LogP) is 5.52. The maximum atomic E-state index is 14.0. The maximum Gasteiger partial charge on any atom is 0.238 e. The molecule has 0 aliphatic carbocycles. The summed E-state index contributed by atoms with van der Waals surface area (Å²) < 4.78 is 19.5. The fourth-order valence-corrected chi connectivity index (χ4v) is 5.10. The van der Waals surface area contributed by atoms with Crippen molar-refractivity contribution >= 4 is 17.7 Å². The Kier molecular flexibility index (Phi) is 7.05. The van der Waals surface area contributed by atoms with Gasteiger partial charge >= 0.3 is 0 Å². The van der Waals surface area contributed by atoms with Crippen LogP contribution in [0.5, 0.6) is 0 Å². The van der Waals surface area contributed by atoms with E-state index < -0.39 is 0 Å². The van der Waals surface area contributed by atoms with Crippen LogP contribution in [0.15, 0.2) is 89.8 Å². The van der Waals surface area contributed by atoms with Gasteiger partial charge in [0.2, 0.25) is 5.91 Å². The van der Waals surface area contributed by atoms with Crippen molar-refractivity contribution in [1.82, 2.24) is 5.32 Å². The van der Waals surface area contributed by atoms with Crippen molar-refractivity contribution in [3.8, 4) is 0 Å². The first-order chi connectivity index (χ1) is 15.2. The van der Waals surface area contributed by atoms with Crippen molar-refractivity contribution in [2.24, 2.45) is 0 Å². The second-order valence-electron chi connectivity index (χ2n) is 7.84. The number of benzene rings is 3. The lowest BCUT2D eigenvalue weighted by molar-refractivity contribution is -0.121. The van der Waals surface area contributed by atoms with E-state index in [2.05, 4.69) is 5.32 Å². The molecule has 3 nitrogen and oxygen atoms in total. The number of ether oxygens (including phenoxy) is 1. The van der Waals surface area contributed by atoms with E-state index in [-0.39, 0.29) is 22.4 Å². The zero-order chi connectivity index (χ0) is 21.5. The molecule has 3 aromatic carbocycles. The van der Waals surface area contributed by atoms with E-state index in [0.29, 0.717) is 19.8 Å². The largest absolute Gasteiger partial charge is 0.381 e.